The first-order valence-corrected chi connectivity index (χ1v) is 6.26. The maximum atomic E-state index is 11.9. The molecule has 0 bridgehead atoms. The third-order valence-corrected chi connectivity index (χ3v) is 3.55. The molecule has 0 N–H and O–H groups in total. The highest BCUT2D eigenvalue weighted by Crippen LogP contribution is 2.50. The Morgan fingerprint density at radius 3 is 2.00 bits per heavy atom. The first-order valence-electron chi connectivity index (χ1n) is 4.65. The highest BCUT2D eigenvalue weighted by atomic mass is 31.2. The Kier molecular flexibility index (Phi) is 6.31. The smallest absolute Gasteiger partial charge is 0.306 e. The molecule has 0 amide bonds. The molecule has 0 aromatic carbocycles. The highest BCUT2D eigenvalue weighted by Gasteiger charge is 2.19. The van der Waals surface area contributed by atoms with Gasteiger partial charge in [0.05, 0.1) is 13.2 Å². The van der Waals surface area contributed by atoms with Crippen LogP contribution in [-0.4, -0.2) is 13.2 Å². The van der Waals surface area contributed by atoms with Crippen molar-refractivity contribution >= 4 is 7.60 Å². The lowest BCUT2D eigenvalue weighted by Crippen LogP contribution is -1.93. The van der Waals surface area contributed by atoms with Crippen LogP contribution in [0, 0.1) is 0 Å². The van der Waals surface area contributed by atoms with E-state index in [0.717, 1.165) is 12.0 Å². The van der Waals surface area contributed by atoms with Crippen molar-refractivity contribution in [3.63, 3.8) is 0 Å². The van der Waals surface area contributed by atoms with E-state index in [1.165, 1.54) is 0 Å². The lowest BCUT2D eigenvalue weighted by atomic mass is 10.3. The second kappa shape index (κ2) is 6.36. The van der Waals surface area contributed by atoms with Gasteiger partial charge in [0.15, 0.2) is 0 Å². The molecule has 0 rings (SSSR count). The van der Waals surface area contributed by atoms with Crippen LogP contribution in [-0.2, 0) is 13.6 Å². The second-order valence-electron chi connectivity index (χ2n) is 2.70. The van der Waals surface area contributed by atoms with Crippen LogP contribution >= 0.6 is 7.60 Å². The molecule has 4 heteroatoms. The van der Waals surface area contributed by atoms with Crippen molar-refractivity contribution in [2.75, 3.05) is 13.2 Å². The third kappa shape index (κ3) is 5.25. The van der Waals surface area contributed by atoms with E-state index in [4.69, 9.17) is 9.05 Å². The van der Waals surface area contributed by atoms with E-state index in [1.54, 1.807) is 19.7 Å². The summed E-state index contributed by atoms with van der Waals surface area (Å²) in [6.07, 6.45) is 0.865. The van der Waals surface area contributed by atoms with E-state index in [2.05, 4.69) is 0 Å². The standard InChI is InChI=1S/C9H19O3P/c1-5-9(4)8-13(10,11-6-2)12-7-3/h8H,5-7H2,1-4H3/b9-8+. The Morgan fingerprint density at radius 1 is 1.23 bits per heavy atom. The topological polar surface area (TPSA) is 35.5 Å². The Morgan fingerprint density at radius 2 is 1.69 bits per heavy atom. The molecule has 0 spiro atoms. The van der Waals surface area contributed by atoms with Crippen molar-refractivity contribution in [3.05, 3.63) is 11.4 Å². The molecule has 0 aromatic rings. The van der Waals surface area contributed by atoms with E-state index in [-0.39, 0.29) is 0 Å². The summed E-state index contributed by atoms with van der Waals surface area (Å²) in [6.45, 7) is 8.36. The summed E-state index contributed by atoms with van der Waals surface area (Å²) in [7, 11) is -2.95. The van der Waals surface area contributed by atoms with Crippen LogP contribution in [0.5, 0.6) is 0 Å². The van der Waals surface area contributed by atoms with E-state index in [0.29, 0.717) is 13.2 Å². The molecule has 3 nitrogen and oxygen atoms in total. The zero-order chi connectivity index (χ0) is 10.3. The molecule has 0 aliphatic carbocycles. The maximum absolute atomic E-state index is 11.9. The molecular formula is C9H19O3P. The predicted molar refractivity (Wildman–Crippen MR) is 54.9 cm³/mol. The first-order chi connectivity index (χ1) is 6.08. The van der Waals surface area contributed by atoms with Crippen LogP contribution in [0.15, 0.2) is 11.4 Å². The maximum Gasteiger partial charge on any atom is 0.354 e. The van der Waals surface area contributed by atoms with Gasteiger partial charge in [0.25, 0.3) is 0 Å². The van der Waals surface area contributed by atoms with Gasteiger partial charge < -0.3 is 9.05 Å². The molecule has 13 heavy (non-hydrogen) atoms. The normalized spacial score (nSPS) is 13.4. The van der Waals surface area contributed by atoms with Crippen LogP contribution in [0.25, 0.3) is 0 Å². The molecule has 0 atom stereocenters. The molecule has 0 unspecified atom stereocenters. The van der Waals surface area contributed by atoms with Crippen molar-refractivity contribution in [3.8, 4) is 0 Å². The van der Waals surface area contributed by atoms with E-state index in [1.807, 2.05) is 13.8 Å². The molecule has 0 radical (unpaired) electrons. The summed E-state index contributed by atoms with van der Waals surface area (Å²) in [5, 5.41) is 0. The summed E-state index contributed by atoms with van der Waals surface area (Å²) in [5.74, 6) is 1.61. The average Bonchev–Trinajstić information content (AvgIpc) is 2.04. The van der Waals surface area contributed by atoms with Gasteiger partial charge in [0.1, 0.15) is 0 Å². The molecular weight excluding hydrogens is 187 g/mol. The number of allylic oxidation sites excluding steroid dienone is 1. The molecule has 0 fully saturated rings. The summed E-state index contributed by atoms with van der Waals surface area (Å²) < 4.78 is 22.1. The van der Waals surface area contributed by atoms with Crippen LogP contribution in [0.1, 0.15) is 34.1 Å². The SMILES string of the molecule is CCOP(=O)(/C=C(\C)CC)OCC. The number of hydrogen-bond acceptors (Lipinski definition) is 3. The lowest BCUT2D eigenvalue weighted by Gasteiger charge is -2.13. The van der Waals surface area contributed by atoms with Crippen molar-refractivity contribution < 1.29 is 13.6 Å². The zero-order valence-corrected chi connectivity index (χ0v) is 9.77. The number of rotatable bonds is 6. The van der Waals surface area contributed by atoms with Crippen molar-refractivity contribution in [1.29, 1.82) is 0 Å². The van der Waals surface area contributed by atoms with Gasteiger partial charge in [-0.15, -0.1) is 0 Å². The van der Waals surface area contributed by atoms with Crippen LogP contribution in [0.2, 0.25) is 0 Å². The first kappa shape index (κ1) is 12.9. The van der Waals surface area contributed by atoms with Crippen molar-refractivity contribution in [2.45, 2.75) is 34.1 Å². The molecule has 0 aliphatic rings. The number of hydrogen-bond donors (Lipinski definition) is 0. The summed E-state index contributed by atoms with van der Waals surface area (Å²) in [4.78, 5) is 0. The van der Waals surface area contributed by atoms with Gasteiger partial charge in [-0.05, 0) is 27.2 Å². The predicted octanol–water partition coefficient (Wildman–Crippen LogP) is 3.57. The van der Waals surface area contributed by atoms with Gasteiger partial charge >= 0.3 is 7.60 Å². The van der Waals surface area contributed by atoms with Crippen molar-refractivity contribution in [2.24, 2.45) is 0 Å². The van der Waals surface area contributed by atoms with E-state index < -0.39 is 7.60 Å². The van der Waals surface area contributed by atoms with Gasteiger partial charge in [-0.1, -0.05) is 12.5 Å². The fourth-order valence-electron chi connectivity index (χ4n) is 0.833. The Labute approximate surface area is 80.7 Å². The summed E-state index contributed by atoms with van der Waals surface area (Å²) in [5.41, 5.74) is 1.03. The van der Waals surface area contributed by atoms with Crippen molar-refractivity contribution in [1.82, 2.24) is 0 Å². The third-order valence-electron chi connectivity index (χ3n) is 1.55. The zero-order valence-electron chi connectivity index (χ0n) is 8.87. The second-order valence-corrected chi connectivity index (χ2v) is 4.56. The lowest BCUT2D eigenvalue weighted by molar-refractivity contribution is 0.228. The average molecular weight is 206 g/mol. The minimum absolute atomic E-state index is 0.408. The molecule has 0 heterocycles. The summed E-state index contributed by atoms with van der Waals surface area (Å²) >= 11 is 0. The van der Waals surface area contributed by atoms with Crippen LogP contribution < -0.4 is 0 Å². The van der Waals surface area contributed by atoms with Gasteiger partial charge in [-0.25, -0.2) is 0 Å². The fourth-order valence-corrected chi connectivity index (χ4v) is 2.50. The van der Waals surface area contributed by atoms with Crippen LogP contribution in [0.3, 0.4) is 0 Å². The van der Waals surface area contributed by atoms with Gasteiger partial charge in [-0.3, -0.25) is 4.57 Å². The fraction of sp³-hybridized carbons (Fsp3) is 0.778. The van der Waals surface area contributed by atoms with Gasteiger partial charge in [0, 0.05) is 5.82 Å². The highest BCUT2D eigenvalue weighted by molar-refractivity contribution is 7.57. The minimum atomic E-state index is -2.95. The Balaban J connectivity index is 4.49. The largest absolute Gasteiger partial charge is 0.354 e. The molecule has 0 aromatic heterocycles. The quantitative estimate of drug-likeness (QED) is 0.623. The minimum Gasteiger partial charge on any atom is -0.306 e. The molecule has 0 saturated heterocycles. The van der Waals surface area contributed by atoms with Crippen LogP contribution in [0.4, 0.5) is 0 Å². The monoisotopic (exact) mass is 206 g/mol. The van der Waals surface area contributed by atoms with E-state index in [9.17, 15) is 4.57 Å². The Hall–Kier alpha value is -0.110. The van der Waals surface area contributed by atoms with Gasteiger partial charge in [-0.2, -0.15) is 0 Å². The molecule has 0 saturated carbocycles. The molecule has 78 valence electrons. The Bertz CT molecular complexity index is 201. The summed E-state index contributed by atoms with van der Waals surface area (Å²) in [6, 6.07) is 0. The van der Waals surface area contributed by atoms with Gasteiger partial charge in [0.2, 0.25) is 0 Å². The molecule has 0 aliphatic heterocycles. The van der Waals surface area contributed by atoms with E-state index >= 15 is 0 Å².